The number of carbonyl (C=O) groups excluding carboxylic acids is 2. The summed E-state index contributed by atoms with van der Waals surface area (Å²) in [6, 6.07) is 4.31. The van der Waals surface area contributed by atoms with E-state index in [1.54, 1.807) is 38.6 Å². The first-order valence-electron chi connectivity index (χ1n) is 7.84. The summed E-state index contributed by atoms with van der Waals surface area (Å²) in [7, 11) is 1.71. The van der Waals surface area contributed by atoms with Gasteiger partial charge in [0.25, 0.3) is 5.91 Å². The van der Waals surface area contributed by atoms with E-state index in [9.17, 15) is 14.0 Å². The van der Waals surface area contributed by atoms with Crippen LogP contribution in [0.4, 0.5) is 10.1 Å². The number of anilines is 1. The number of carbonyl (C=O) groups is 2. The smallest absolute Gasteiger partial charge is 0.257 e. The van der Waals surface area contributed by atoms with Gasteiger partial charge >= 0.3 is 0 Å². The van der Waals surface area contributed by atoms with Gasteiger partial charge in [0.05, 0.1) is 16.9 Å². The molecule has 1 aromatic carbocycles. The van der Waals surface area contributed by atoms with Crippen molar-refractivity contribution in [3.8, 4) is 0 Å². The largest absolute Gasteiger partial charge is 0.320 e. The van der Waals surface area contributed by atoms with Gasteiger partial charge in [-0.15, -0.1) is 0 Å². The molecule has 130 valence electrons. The normalized spacial score (nSPS) is 11.2. The number of aryl methyl sites for hydroxylation is 2. The van der Waals surface area contributed by atoms with Crippen LogP contribution in [0.2, 0.25) is 0 Å². The number of amides is 1. The SMILES string of the molecule is Cc1cn2cc(NC(=O)c3ccc(C=O)c4cn(C)nc34)cc(F)c2n1. The highest BCUT2D eigenvalue weighted by atomic mass is 19.1. The van der Waals surface area contributed by atoms with Gasteiger partial charge in [0.2, 0.25) is 0 Å². The molecule has 1 amide bonds. The zero-order chi connectivity index (χ0) is 18.4. The van der Waals surface area contributed by atoms with Crippen LogP contribution in [0.3, 0.4) is 0 Å². The highest BCUT2D eigenvalue weighted by Gasteiger charge is 2.17. The van der Waals surface area contributed by atoms with E-state index < -0.39 is 11.7 Å². The van der Waals surface area contributed by atoms with Crippen LogP contribution in [-0.4, -0.2) is 31.4 Å². The molecule has 26 heavy (non-hydrogen) atoms. The van der Waals surface area contributed by atoms with Crippen molar-refractivity contribution in [2.45, 2.75) is 6.92 Å². The van der Waals surface area contributed by atoms with Gasteiger partial charge in [-0.05, 0) is 13.0 Å². The average molecular weight is 351 g/mol. The zero-order valence-corrected chi connectivity index (χ0v) is 14.0. The molecule has 4 rings (SSSR count). The first-order valence-corrected chi connectivity index (χ1v) is 7.84. The van der Waals surface area contributed by atoms with Crippen molar-refractivity contribution in [2.75, 3.05) is 5.32 Å². The molecule has 0 saturated carbocycles. The molecule has 0 aliphatic heterocycles. The van der Waals surface area contributed by atoms with Crippen LogP contribution in [0, 0.1) is 12.7 Å². The third-order valence-electron chi connectivity index (χ3n) is 4.08. The molecule has 3 aromatic heterocycles. The first kappa shape index (κ1) is 15.9. The van der Waals surface area contributed by atoms with Crippen LogP contribution in [0.15, 0.2) is 36.8 Å². The zero-order valence-electron chi connectivity index (χ0n) is 14.0. The van der Waals surface area contributed by atoms with Gasteiger partial charge in [0.15, 0.2) is 17.8 Å². The van der Waals surface area contributed by atoms with Crippen LogP contribution >= 0.6 is 0 Å². The molecule has 3 heterocycles. The van der Waals surface area contributed by atoms with Crippen molar-refractivity contribution in [3.63, 3.8) is 0 Å². The molecule has 0 aliphatic rings. The first-order chi connectivity index (χ1) is 12.5. The highest BCUT2D eigenvalue weighted by molar-refractivity contribution is 6.14. The molecule has 0 radical (unpaired) electrons. The lowest BCUT2D eigenvalue weighted by Gasteiger charge is -2.07. The van der Waals surface area contributed by atoms with Gasteiger partial charge in [0, 0.05) is 42.7 Å². The van der Waals surface area contributed by atoms with Gasteiger partial charge in [-0.3, -0.25) is 14.3 Å². The number of nitrogens with one attached hydrogen (secondary N) is 1. The highest BCUT2D eigenvalue weighted by Crippen LogP contribution is 2.22. The number of aldehydes is 1. The molecule has 0 saturated heterocycles. The van der Waals surface area contributed by atoms with Crippen LogP contribution in [0.1, 0.15) is 26.4 Å². The number of fused-ring (bicyclic) bond motifs is 2. The van der Waals surface area contributed by atoms with Gasteiger partial charge in [-0.2, -0.15) is 5.10 Å². The molecule has 4 aromatic rings. The number of nitrogens with zero attached hydrogens (tertiary/aromatic N) is 4. The molecular formula is C18H14FN5O2. The maximum Gasteiger partial charge on any atom is 0.257 e. The van der Waals surface area contributed by atoms with E-state index in [-0.39, 0.29) is 5.65 Å². The number of aromatic nitrogens is 4. The Morgan fingerprint density at radius 2 is 2.08 bits per heavy atom. The average Bonchev–Trinajstić information content (AvgIpc) is 3.15. The maximum atomic E-state index is 14.2. The van der Waals surface area contributed by atoms with Gasteiger partial charge in [-0.1, -0.05) is 6.07 Å². The quantitative estimate of drug-likeness (QED) is 0.576. The van der Waals surface area contributed by atoms with E-state index in [2.05, 4.69) is 15.4 Å². The minimum atomic E-state index is -0.532. The fourth-order valence-corrected chi connectivity index (χ4v) is 2.97. The number of halogens is 1. The van der Waals surface area contributed by atoms with Crippen molar-refractivity contribution >= 4 is 34.4 Å². The minimum Gasteiger partial charge on any atom is -0.320 e. The van der Waals surface area contributed by atoms with Crippen molar-refractivity contribution in [1.82, 2.24) is 19.2 Å². The summed E-state index contributed by atoms with van der Waals surface area (Å²) in [5.74, 6) is -0.975. The Morgan fingerprint density at radius 3 is 2.85 bits per heavy atom. The van der Waals surface area contributed by atoms with Crippen molar-refractivity contribution in [3.05, 3.63) is 59.4 Å². The summed E-state index contributed by atoms with van der Waals surface area (Å²) in [5, 5.41) is 7.52. The number of pyridine rings is 1. The van der Waals surface area contributed by atoms with Crippen LogP contribution in [0.25, 0.3) is 16.6 Å². The Kier molecular flexibility index (Phi) is 3.54. The number of rotatable bonds is 3. The fraction of sp³-hybridized carbons (Fsp3) is 0.111. The minimum absolute atomic E-state index is 0.197. The van der Waals surface area contributed by atoms with Gasteiger partial charge in [0.1, 0.15) is 5.52 Å². The second-order valence-electron chi connectivity index (χ2n) is 6.03. The monoisotopic (exact) mass is 351 g/mol. The molecule has 0 bridgehead atoms. The van der Waals surface area contributed by atoms with E-state index in [4.69, 9.17) is 0 Å². The lowest BCUT2D eigenvalue weighted by Crippen LogP contribution is -2.13. The molecule has 7 nitrogen and oxygen atoms in total. The maximum absolute atomic E-state index is 14.2. The molecule has 0 fully saturated rings. The molecule has 0 unspecified atom stereocenters. The molecule has 8 heteroatoms. The topological polar surface area (TPSA) is 81.3 Å². The summed E-state index contributed by atoms with van der Waals surface area (Å²) < 4.78 is 17.2. The van der Waals surface area contributed by atoms with Crippen LogP contribution < -0.4 is 5.32 Å². The Hall–Kier alpha value is -3.55. The lowest BCUT2D eigenvalue weighted by molar-refractivity contribution is 0.102. The Labute approximate surface area is 147 Å². The third kappa shape index (κ3) is 2.52. The van der Waals surface area contributed by atoms with E-state index in [0.29, 0.717) is 33.4 Å². The summed E-state index contributed by atoms with van der Waals surface area (Å²) in [6.45, 7) is 1.76. The number of hydrogen-bond acceptors (Lipinski definition) is 4. The van der Waals surface area contributed by atoms with E-state index in [0.717, 1.165) is 6.29 Å². The van der Waals surface area contributed by atoms with Crippen molar-refractivity contribution < 1.29 is 14.0 Å². The Balaban J connectivity index is 1.75. The van der Waals surface area contributed by atoms with Gasteiger partial charge in [-0.25, -0.2) is 9.37 Å². The van der Waals surface area contributed by atoms with E-state index >= 15 is 0 Å². The van der Waals surface area contributed by atoms with E-state index in [1.165, 1.54) is 21.2 Å². The second-order valence-corrected chi connectivity index (χ2v) is 6.03. The summed E-state index contributed by atoms with van der Waals surface area (Å²) in [4.78, 5) is 28.0. The number of benzene rings is 1. The number of hydrogen-bond donors (Lipinski definition) is 1. The standard InChI is InChI=1S/C18H14FN5O2/c1-10-6-24-7-12(5-15(19)17(24)20-10)21-18(26)13-4-3-11(9-25)14-8-23(2)22-16(13)14/h3-9H,1-2H3,(H,21,26). The molecule has 0 atom stereocenters. The second kappa shape index (κ2) is 5.76. The van der Waals surface area contributed by atoms with Crippen LogP contribution in [-0.2, 0) is 7.05 Å². The summed E-state index contributed by atoms with van der Waals surface area (Å²) in [5.41, 5.74) is 2.32. The summed E-state index contributed by atoms with van der Waals surface area (Å²) >= 11 is 0. The third-order valence-corrected chi connectivity index (χ3v) is 4.08. The molecule has 1 N–H and O–H groups in total. The Bertz CT molecular complexity index is 1190. The molecular weight excluding hydrogens is 337 g/mol. The predicted molar refractivity (Wildman–Crippen MR) is 93.9 cm³/mol. The van der Waals surface area contributed by atoms with Gasteiger partial charge < -0.3 is 9.72 Å². The van der Waals surface area contributed by atoms with E-state index in [1.807, 2.05) is 0 Å². The molecule has 0 spiro atoms. The van der Waals surface area contributed by atoms with Crippen molar-refractivity contribution in [1.29, 1.82) is 0 Å². The summed E-state index contributed by atoms with van der Waals surface area (Å²) in [6.07, 6.45) is 5.65. The lowest BCUT2D eigenvalue weighted by atomic mass is 10.1. The number of imidazole rings is 1. The Morgan fingerprint density at radius 1 is 1.27 bits per heavy atom. The van der Waals surface area contributed by atoms with Crippen molar-refractivity contribution in [2.24, 2.45) is 7.05 Å². The van der Waals surface area contributed by atoms with Crippen LogP contribution in [0.5, 0.6) is 0 Å². The molecule has 0 aliphatic carbocycles. The predicted octanol–water partition coefficient (Wildman–Crippen LogP) is 2.73. The fourth-order valence-electron chi connectivity index (χ4n) is 2.97.